The van der Waals surface area contributed by atoms with E-state index in [-0.39, 0.29) is 6.04 Å². The van der Waals surface area contributed by atoms with Crippen LogP contribution in [0.1, 0.15) is 51.9 Å². The smallest absolute Gasteiger partial charge is 0.321 e. The molecule has 1 saturated heterocycles. The number of rotatable bonds is 5. The van der Waals surface area contributed by atoms with Gasteiger partial charge in [-0.15, -0.1) is 0 Å². The fourth-order valence-corrected chi connectivity index (χ4v) is 3.06. The molecular weight excluding hydrogens is 202 g/mol. The van der Waals surface area contributed by atoms with Crippen LogP contribution in [-0.4, -0.2) is 34.6 Å². The van der Waals surface area contributed by atoms with Crippen LogP contribution < -0.4 is 0 Å². The molecule has 2 rings (SSSR count). The Morgan fingerprint density at radius 3 is 2.69 bits per heavy atom. The summed E-state index contributed by atoms with van der Waals surface area (Å²) in [5, 5.41) is 9.38. The molecule has 2 unspecified atom stereocenters. The van der Waals surface area contributed by atoms with E-state index in [2.05, 4.69) is 11.8 Å². The molecule has 1 saturated carbocycles. The molecule has 1 aliphatic heterocycles. The van der Waals surface area contributed by atoms with E-state index in [9.17, 15) is 9.90 Å². The Bertz CT molecular complexity index is 248. The summed E-state index contributed by atoms with van der Waals surface area (Å²) in [4.78, 5) is 13.7. The molecule has 0 radical (unpaired) electrons. The van der Waals surface area contributed by atoms with E-state index in [0.717, 1.165) is 32.2 Å². The second-order valence-corrected chi connectivity index (χ2v) is 5.30. The van der Waals surface area contributed by atoms with Gasteiger partial charge in [0.1, 0.15) is 6.04 Å². The fraction of sp³-hybridized carbons (Fsp3) is 0.923. The largest absolute Gasteiger partial charge is 0.480 e. The van der Waals surface area contributed by atoms with E-state index in [4.69, 9.17) is 0 Å². The first-order valence-corrected chi connectivity index (χ1v) is 6.72. The first kappa shape index (κ1) is 11.9. The Balaban J connectivity index is 2.04. The average molecular weight is 225 g/mol. The van der Waals surface area contributed by atoms with Gasteiger partial charge in [-0.2, -0.15) is 0 Å². The van der Waals surface area contributed by atoms with Crippen LogP contribution in [0, 0.1) is 5.92 Å². The van der Waals surface area contributed by atoms with Crippen LogP contribution in [0.25, 0.3) is 0 Å². The molecule has 92 valence electrons. The van der Waals surface area contributed by atoms with Crippen LogP contribution in [0.4, 0.5) is 0 Å². The summed E-state index contributed by atoms with van der Waals surface area (Å²) < 4.78 is 0. The van der Waals surface area contributed by atoms with Crippen molar-refractivity contribution < 1.29 is 9.90 Å². The van der Waals surface area contributed by atoms with Gasteiger partial charge in [0.15, 0.2) is 0 Å². The Morgan fingerprint density at radius 1 is 1.38 bits per heavy atom. The predicted octanol–water partition coefficient (Wildman–Crippen LogP) is 2.50. The highest BCUT2D eigenvalue weighted by Gasteiger charge is 2.42. The van der Waals surface area contributed by atoms with E-state index in [1.165, 1.54) is 19.3 Å². The minimum absolute atomic E-state index is 0.183. The predicted molar refractivity (Wildman–Crippen MR) is 63.4 cm³/mol. The number of hydrogen-bond donors (Lipinski definition) is 1. The summed E-state index contributed by atoms with van der Waals surface area (Å²) >= 11 is 0. The zero-order valence-corrected chi connectivity index (χ0v) is 10.2. The first-order chi connectivity index (χ1) is 7.74. The fourth-order valence-electron chi connectivity index (χ4n) is 3.06. The molecule has 1 heterocycles. The Morgan fingerprint density at radius 2 is 2.12 bits per heavy atom. The monoisotopic (exact) mass is 225 g/mol. The molecular formula is C13H23NO2. The Kier molecular flexibility index (Phi) is 3.85. The molecule has 0 bridgehead atoms. The van der Waals surface area contributed by atoms with Crippen LogP contribution >= 0.6 is 0 Å². The molecule has 2 fully saturated rings. The SMILES string of the molecule is CCCC1CCCCN1C(C(=O)O)C1CC1. The molecule has 0 aromatic carbocycles. The van der Waals surface area contributed by atoms with Gasteiger partial charge in [-0.05, 0) is 44.6 Å². The lowest BCUT2D eigenvalue weighted by Gasteiger charge is -2.39. The third-order valence-electron chi connectivity index (χ3n) is 3.97. The molecule has 0 spiro atoms. The van der Waals surface area contributed by atoms with Gasteiger partial charge in [-0.25, -0.2) is 0 Å². The lowest BCUT2D eigenvalue weighted by molar-refractivity contribution is -0.146. The van der Waals surface area contributed by atoms with Crippen LogP contribution in [0.15, 0.2) is 0 Å². The molecule has 0 aromatic rings. The van der Waals surface area contributed by atoms with Crippen molar-refractivity contribution in [3.63, 3.8) is 0 Å². The molecule has 1 aliphatic carbocycles. The maximum atomic E-state index is 11.4. The van der Waals surface area contributed by atoms with Gasteiger partial charge in [-0.1, -0.05) is 19.8 Å². The number of hydrogen-bond acceptors (Lipinski definition) is 2. The van der Waals surface area contributed by atoms with E-state index in [1.807, 2.05) is 0 Å². The maximum absolute atomic E-state index is 11.4. The highest BCUT2D eigenvalue weighted by molar-refractivity contribution is 5.74. The molecule has 2 atom stereocenters. The third kappa shape index (κ3) is 2.57. The number of carboxylic acids is 1. The zero-order valence-electron chi connectivity index (χ0n) is 10.2. The maximum Gasteiger partial charge on any atom is 0.321 e. The second kappa shape index (κ2) is 5.17. The summed E-state index contributed by atoms with van der Waals surface area (Å²) in [5.74, 6) is -0.152. The minimum Gasteiger partial charge on any atom is -0.480 e. The summed E-state index contributed by atoms with van der Waals surface area (Å²) in [6, 6.07) is 0.345. The van der Waals surface area contributed by atoms with Crippen LogP contribution in [-0.2, 0) is 4.79 Å². The molecule has 0 amide bonds. The normalized spacial score (nSPS) is 28.9. The summed E-state index contributed by atoms with van der Waals surface area (Å²) in [5.41, 5.74) is 0. The number of nitrogens with zero attached hydrogens (tertiary/aromatic N) is 1. The van der Waals surface area contributed by atoms with Gasteiger partial charge >= 0.3 is 5.97 Å². The van der Waals surface area contributed by atoms with Crippen molar-refractivity contribution in [2.24, 2.45) is 5.92 Å². The number of piperidine rings is 1. The van der Waals surface area contributed by atoms with Gasteiger partial charge < -0.3 is 5.11 Å². The van der Waals surface area contributed by atoms with Gasteiger partial charge in [0, 0.05) is 6.04 Å². The number of carbonyl (C=O) groups is 1. The number of aliphatic carboxylic acids is 1. The molecule has 3 nitrogen and oxygen atoms in total. The quantitative estimate of drug-likeness (QED) is 0.781. The van der Waals surface area contributed by atoms with E-state index >= 15 is 0 Å². The molecule has 3 heteroatoms. The molecule has 2 aliphatic rings. The second-order valence-electron chi connectivity index (χ2n) is 5.30. The van der Waals surface area contributed by atoms with Crippen molar-refractivity contribution in [1.29, 1.82) is 0 Å². The van der Waals surface area contributed by atoms with E-state index < -0.39 is 5.97 Å². The summed E-state index contributed by atoms with van der Waals surface area (Å²) in [7, 11) is 0. The number of likely N-dealkylation sites (tertiary alicyclic amines) is 1. The lowest BCUT2D eigenvalue weighted by atomic mass is 9.95. The highest BCUT2D eigenvalue weighted by Crippen LogP contribution is 2.38. The summed E-state index contributed by atoms with van der Waals surface area (Å²) in [6.45, 7) is 3.19. The zero-order chi connectivity index (χ0) is 11.5. The average Bonchev–Trinajstić information content (AvgIpc) is 3.05. The topological polar surface area (TPSA) is 40.5 Å². The Labute approximate surface area is 97.8 Å². The molecule has 1 N–H and O–H groups in total. The van der Waals surface area contributed by atoms with Crippen molar-refractivity contribution in [3.8, 4) is 0 Å². The first-order valence-electron chi connectivity index (χ1n) is 6.72. The van der Waals surface area contributed by atoms with Crippen molar-refractivity contribution in [2.45, 2.75) is 64.0 Å². The van der Waals surface area contributed by atoms with Crippen LogP contribution in [0.2, 0.25) is 0 Å². The van der Waals surface area contributed by atoms with Gasteiger partial charge in [0.25, 0.3) is 0 Å². The van der Waals surface area contributed by atoms with Crippen molar-refractivity contribution in [2.75, 3.05) is 6.54 Å². The van der Waals surface area contributed by atoms with Crippen LogP contribution in [0.5, 0.6) is 0 Å². The molecule has 0 aromatic heterocycles. The van der Waals surface area contributed by atoms with E-state index in [1.54, 1.807) is 0 Å². The van der Waals surface area contributed by atoms with Gasteiger partial charge in [0.05, 0.1) is 0 Å². The number of carboxylic acid groups (broad SMARTS) is 1. The van der Waals surface area contributed by atoms with Crippen LogP contribution in [0.3, 0.4) is 0 Å². The van der Waals surface area contributed by atoms with Crippen molar-refractivity contribution >= 4 is 5.97 Å². The molecule has 16 heavy (non-hydrogen) atoms. The summed E-state index contributed by atoms with van der Waals surface area (Å²) in [6.07, 6.45) is 8.21. The van der Waals surface area contributed by atoms with Gasteiger partial charge in [0.2, 0.25) is 0 Å². The lowest BCUT2D eigenvalue weighted by Crippen LogP contribution is -2.50. The van der Waals surface area contributed by atoms with Crippen molar-refractivity contribution in [3.05, 3.63) is 0 Å². The van der Waals surface area contributed by atoms with E-state index in [0.29, 0.717) is 12.0 Å². The standard InChI is InChI=1S/C13H23NO2/c1-2-5-11-6-3-4-9-14(11)12(13(15)16)10-7-8-10/h10-12H,2-9H2,1H3,(H,15,16). The van der Waals surface area contributed by atoms with Crippen molar-refractivity contribution in [1.82, 2.24) is 4.90 Å². The minimum atomic E-state index is -0.592. The Hall–Kier alpha value is -0.570. The highest BCUT2D eigenvalue weighted by atomic mass is 16.4. The van der Waals surface area contributed by atoms with Gasteiger partial charge in [-0.3, -0.25) is 9.69 Å². The third-order valence-corrected chi connectivity index (χ3v) is 3.97.